The van der Waals surface area contributed by atoms with Crippen molar-refractivity contribution in [2.75, 3.05) is 0 Å². The molecule has 3 rings (SSSR count). The van der Waals surface area contributed by atoms with Crippen LogP contribution in [0.25, 0.3) is 11.5 Å². The standard InChI is InChI=1S/C15H13ClN4O/c16-11-7-4-8-18-13(11)14-19-15(21-20-14)12(17)9-10-5-2-1-3-6-10/h1-8,12H,9,17H2. The Kier molecular flexibility index (Phi) is 3.94. The van der Waals surface area contributed by atoms with Crippen molar-refractivity contribution in [3.8, 4) is 11.5 Å². The van der Waals surface area contributed by atoms with Gasteiger partial charge in [-0.3, -0.25) is 4.98 Å². The van der Waals surface area contributed by atoms with E-state index in [0.717, 1.165) is 5.56 Å². The molecule has 0 aliphatic rings. The second-order valence-corrected chi connectivity index (χ2v) is 4.99. The van der Waals surface area contributed by atoms with Gasteiger partial charge in [0.05, 0.1) is 11.1 Å². The molecule has 0 amide bonds. The summed E-state index contributed by atoms with van der Waals surface area (Å²) in [6.45, 7) is 0. The second kappa shape index (κ2) is 6.03. The SMILES string of the molecule is NC(Cc1ccccc1)c1nc(-c2ncccc2Cl)no1. The molecule has 2 aromatic heterocycles. The van der Waals surface area contributed by atoms with Crippen LogP contribution in [0.4, 0.5) is 0 Å². The van der Waals surface area contributed by atoms with Crippen LogP contribution < -0.4 is 5.73 Å². The number of pyridine rings is 1. The predicted octanol–water partition coefficient (Wildman–Crippen LogP) is 3.03. The molecule has 3 aromatic rings. The monoisotopic (exact) mass is 300 g/mol. The third-order valence-electron chi connectivity index (χ3n) is 3.03. The van der Waals surface area contributed by atoms with Gasteiger partial charge in [-0.2, -0.15) is 4.98 Å². The number of hydrogen-bond donors (Lipinski definition) is 1. The molecule has 2 heterocycles. The fourth-order valence-electron chi connectivity index (χ4n) is 1.99. The van der Waals surface area contributed by atoms with Crippen LogP contribution in [0, 0.1) is 0 Å². The first-order valence-corrected chi connectivity index (χ1v) is 6.86. The maximum absolute atomic E-state index is 6.11. The highest BCUT2D eigenvalue weighted by Gasteiger charge is 2.18. The first-order chi connectivity index (χ1) is 10.2. The lowest BCUT2D eigenvalue weighted by Gasteiger charge is -2.05. The second-order valence-electron chi connectivity index (χ2n) is 4.59. The average molecular weight is 301 g/mol. The van der Waals surface area contributed by atoms with Gasteiger partial charge in [0.2, 0.25) is 11.7 Å². The van der Waals surface area contributed by atoms with Gasteiger partial charge in [-0.15, -0.1) is 0 Å². The molecule has 0 radical (unpaired) electrons. The maximum atomic E-state index is 6.11. The Balaban J connectivity index is 1.80. The fourth-order valence-corrected chi connectivity index (χ4v) is 2.19. The van der Waals surface area contributed by atoms with Crippen molar-refractivity contribution in [1.29, 1.82) is 0 Å². The number of nitrogens with two attached hydrogens (primary N) is 1. The molecule has 0 spiro atoms. The van der Waals surface area contributed by atoms with E-state index in [1.165, 1.54) is 0 Å². The number of halogens is 1. The summed E-state index contributed by atoms with van der Waals surface area (Å²) < 4.78 is 5.22. The highest BCUT2D eigenvalue weighted by Crippen LogP contribution is 2.24. The number of nitrogens with zero attached hydrogens (tertiary/aromatic N) is 3. The van der Waals surface area contributed by atoms with Crippen LogP contribution in [-0.4, -0.2) is 15.1 Å². The summed E-state index contributed by atoms with van der Waals surface area (Å²) in [5.41, 5.74) is 7.71. The Morgan fingerprint density at radius 3 is 2.71 bits per heavy atom. The summed E-state index contributed by atoms with van der Waals surface area (Å²) in [7, 11) is 0. The van der Waals surface area contributed by atoms with Gasteiger partial charge in [-0.1, -0.05) is 47.1 Å². The van der Waals surface area contributed by atoms with E-state index < -0.39 is 0 Å². The van der Waals surface area contributed by atoms with Crippen LogP contribution in [-0.2, 0) is 6.42 Å². The lowest BCUT2D eigenvalue weighted by Crippen LogP contribution is -2.13. The van der Waals surface area contributed by atoms with Crippen LogP contribution in [0.5, 0.6) is 0 Å². The van der Waals surface area contributed by atoms with Crippen molar-refractivity contribution in [2.24, 2.45) is 5.73 Å². The molecule has 21 heavy (non-hydrogen) atoms. The highest BCUT2D eigenvalue weighted by atomic mass is 35.5. The van der Waals surface area contributed by atoms with Gasteiger partial charge >= 0.3 is 0 Å². The average Bonchev–Trinajstić information content (AvgIpc) is 2.98. The maximum Gasteiger partial charge on any atom is 0.244 e. The van der Waals surface area contributed by atoms with Gasteiger partial charge in [0.1, 0.15) is 5.69 Å². The minimum absolute atomic E-state index is 0.346. The first kappa shape index (κ1) is 13.7. The Morgan fingerprint density at radius 2 is 1.95 bits per heavy atom. The summed E-state index contributed by atoms with van der Waals surface area (Å²) in [5, 5.41) is 4.37. The first-order valence-electron chi connectivity index (χ1n) is 6.48. The van der Waals surface area contributed by atoms with Gasteiger partial charge in [-0.25, -0.2) is 0 Å². The molecule has 1 atom stereocenters. The summed E-state index contributed by atoms with van der Waals surface area (Å²) in [6.07, 6.45) is 2.25. The number of hydrogen-bond acceptors (Lipinski definition) is 5. The van der Waals surface area contributed by atoms with Gasteiger partial charge in [0, 0.05) is 6.20 Å². The van der Waals surface area contributed by atoms with Crippen LogP contribution >= 0.6 is 11.6 Å². The van der Waals surface area contributed by atoms with Gasteiger partial charge < -0.3 is 10.3 Å². The third-order valence-corrected chi connectivity index (χ3v) is 3.33. The summed E-state index contributed by atoms with van der Waals surface area (Å²) in [5.74, 6) is 0.717. The molecule has 0 saturated carbocycles. The molecule has 0 fully saturated rings. The Labute approximate surface area is 126 Å². The van der Waals surface area contributed by atoms with E-state index >= 15 is 0 Å². The van der Waals surface area contributed by atoms with E-state index in [4.69, 9.17) is 21.9 Å². The van der Waals surface area contributed by atoms with Gasteiger partial charge in [0.15, 0.2) is 0 Å². The number of aromatic nitrogens is 3. The molecule has 0 bridgehead atoms. The molecule has 0 aliphatic carbocycles. The van der Waals surface area contributed by atoms with E-state index in [0.29, 0.717) is 28.9 Å². The zero-order valence-corrected chi connectivity index (χ0v) is 11.9. The highest BCUT2D eigenvalue weighted by molar-refractivity contribution is 6.32. The smallest absolute Gasteiger partial charge is 0.244 e. The van der Waals surface area contributed by atoms with Crippen LogP contribution in [0.1, 0.15) is 17.5 Å². The summed E-state index contributed by atoms with van der Waals surface area (Å²) in [6, 6.07) is 13.0. The van der Waals surface area contributed by atoms with Crippen molar-refractivity contribution in [3.63, 3.8) is 0 Å². The Hall–Kier alpha value is -2.24. The van der Waals surface area contributed by atoms with Crippen molar-refractivity contribution < 1.29 is 4.52 Å². The van der Waals surface area contributed by atoms with E-state index in [1.807, 2.05) is 30.3 Å². The Bertz CT molecular complexity index is 729. The molecule has 106 valence electrons. The molecule has 5 nitrogen and oxygen atoms in total. The van der Waals surface area contributed by atoms with Gasteiger partial charge in [0.25, 0.3) is 0 Å². The van der Waals surface area contributed by atoms with Crippen molar-refractivity contribution in [3.05, 3.63) is 65.1 Å². The lowest BCUT2D eigenvalue weighted by molar-refractivity contribution is 0.354. The number of rotatable bonds is 4. The molecule has 1 unspecified atom stereocenters. The van der Waals surface area contributed by atoms with Crippen molar-refractivity contribution in [2.45, 2.75) is 12.5 Å². The number of benzene rings is 1. The molecule has 2 N–H and O–H groups in total. The van der Waals surface area contributed by atoms with Crippen LogP contribution in [0.3, 0.4) is 0 Å². The minimum Gasteiger partial charge on any atom is -0.337 e. The fraction of sp³-hybridized carbons (Fsp3) is 0.133. The van der Waals surface area contributed by atoms with Crippen molar-refractivity contribution >= 4 is 11.6 Å². The van der Waals surface area contributed by atoms with Crippen molar-refractivity contribution in [1.82, 2.24) is 15.1 Å². The molecule has 0 aliphatic heterocycles. The van der Waals surface area contributed by atoms with Crippen LogP contribution in [0.15, 0.2) is 53.2 Å². The molecule has 1 aromatic carbocycles. The van der Waals surface area contributed by atoms with E-state index in [1.54, 1.807) is 18.3 Å². The molecular formula is C15H13ClN4O. The van der Waals surface area contributed by atoms with E-state index in [2.05, 4.69) is 15.1 Å². The minimum atomic E-state index is -0.365. The summed E-state index contributed by atoms with van der Waals surface area (Å²) in [4.78, 5) is 8.44. The largest absolute Gasteiger partial charge is 0.337 e. The summed E-state index contributed by atoms with van der Waals surface area (Å²) >= 11 is 6.06. The molecule has 6 heteroatoms. The zero-order chi connectivity index (χ0) is 14.7. The quantitative estimate of drug-likeness (QED) is 0.801. The predicted molar refractivity (Wildman–Crippen MR) is 79.6 cm³/mol. The molecule has 0 saturated heterocycles. The Morgan fingerprint density at radius 1 is 1.14 bits per heavy atom. The van der Waals surface area contributed by atoms with Gasteiger partial charge in [-0.05, 0) is 24.1 Å². The van der Waals surface area contributed by atoms with E-state index in [-0.39, 0.29) is 6.04 Å². The van der Waals surface area contributed by atoms with Crippen LogP contribution in [0.2, 0.25) is 5.02 Å². The third kappa shape index (κ3) is 3.09. The molecular weight excluding hydrogens is 288 g/mol. The zero-order valence-electron chi connectivity index (χ0n) is 11.1. The topological polar surface area (TPSA) is 77.8 Å². The normalized spacial score (nSPS) is 12.3. The lowest BCUT2D eigenvalue weighted by atomic mass is 10.1. The van der Waals surface area contributed by atoms with E-state index in [9.17, 15) is 0 Å².